The van der Waals surface area contributed by atoms with E-state index in [4.69, 9.17) is 6.48 Å². The van der Waals surface area contributed by atoms with E-state index in [1.54, 1.807) is 0 Å². The van der Waals surface area contributed by atoms with Crippen LogP contribution in [0.25, 0.3) is 0 Å². The largest absolute Gasteiger partial charge is 0.481 e. The van der Waals surface area contributed by atoms with E-state index in [-0.39, 0.29) is 53.4 Å². The van der Waals surface area contributed by atoms with Crippen molar-refractivity contribution in [1.29, 1.82) is 0 Å². The number of aliphatic hydroxyl groups is 2. The van der Waals surface area contributed by atoms with Gasteiger partial charge in [0.25, 0.3) is 0 Å². The van der Waals surface area contributed by atoms with Crippen molar-refractivity contribution in [3.63, 3.8) is 0 Å². The zero-order chi connectivity index (χ0) is 22.1. The lowest BCUT2D eigenvalue weighted by atomic mass is 9.43. The number of carbonyl (C=O) groups is 1. The third kappa shape index (κ3) is 3.14. The number of carboxylic acids is 1. The van der Waals surface area contributed by atoms with Crippen molar-refractivity contribution in [2.75, 3.05) is 0 Å². The molecule has 0 aromatic rings. The molecule has 4 aliphatic rings. The Balaban J connectivity index is 1.67. The molecule has 0 aliphatic heterocycles. The topological polar surface area (TPSA) is 77.8 Å². The molecule has 4 aliphatic carbocycles. The monoisotopic (exact) mass is 394 g/mol. The minimum atomic E-state index is -1.80. The molecule has 4 fully saturated rings. The van der Waals surface area contributed by atoms with Gasteiger partial charge in [0.05, 0.1) is 13.6 Å². The van der Waals surface area contributed by atoms with E-state index in [0.29, 0.717) is 18.8 Å². The molecule has 0 aromatic heterocycles. The second-order valence-electron chi connectivity index (χ2n) is 11.0. The van der Waals surface area contributed by atoms with Crippen molar-refractivity contribution >= 4 is 5.97 Å². The highest BCUT2D eigenvalue weighted by atomic mass is 16.4. The molecule has 10 atom stereocenters. The molecule has 3 N–H and O–H groups in total. The summed E-state index contributed by atoms with van der Waals surface area (Å²) in [5, 5.41) is 30.8. The van der Waals surface area contributed by atoms with E-state index >= 15 is 0 Å². The van der Waals surface area contributed by atoms with E-state index in [1.807, 2.05) is 0 Å². The number of carboxylic acid groups (broad SMARTS) is 1. The molecular formula is C24H40O4. The van der Waals surface area contributed by atoms with Gasteiger partial charge in [-0.25, -0.2) is 0 Å². The molecule has 4 rings (SSSR count). The SMILES string of the molecule is [2H][C@@]12[C@H](CC[C@]3(C)[C@@H]([C@H](C)CCC(=O)O)CC[C@H]31)[C@@]1(C)CC[C@@H](O)C[C@H]1C[C@@]2([2H])O. The first-order valence-electron chi connectivity index (χ1n) is 12.5. The van der Waals surface area contributed by atoms with Crippen molar-refractivity contribution in [3.05, 3.63) is 0 Å². The minimum absolute atomic E-state index is 0.0232. The quantitative estimate of drug-likeness (QED) is 0.657. The van der Waals surface area contributed by atoms with Gasteiger partial charge < -0.3 is 15.3 Å². The van der Waals surface area contributed by atoms with Crippen LogP contribution in [0.5, 0.6) is 0 Å². The number of rotatable bonds is 4. The lowest BCUT2D eigenvalue weighted by Crippen LogP contribution is -2.58. The lowest BCUT2D eigenvalue weighted by Gasteiger charge is -2.62. The summed E-state index contributed by atoms with van der Waals surface area (Å²) in [5.41, 5.74) is -0.217. The Labute approximate surface area is 172 Å². The molecular weight excluding hydrogens is 352 g/mol. The van der Waals surface area contributed by atoms with Crippen LogP contribution in [-0.4, -0.2) is 33.5 Å². The van der Waals surface area contributed by atoms with E-state index < -0.39 is 17.9 Å². The highest BCUT2D eigenvalue weighted by molar-refractivity contribution is 5.66. The fraction of sp³-hybridized carbons (Fsp3) is 0.958. The van der Waals surface area contributed by atoms with Crippen LogP contribution in [0, 0.1) is 46.3 Å². The molecule has 0 aromatic carbocycles. The number of aliphatic hydroxyl groups excluding tert-OH is 1. The van der Waals surface area contributed by atoms with Gasteiger partial charge in [-0.1, -0.05) is 20.8 Å². The van der Waals surface area contributed by atoms with Crippen LogP contribution in [0.15, 0.2) is 0 Å². The summed E-state index contributed by atoms with van der Waals surface area (Å²) in [5.74, 6) is -1.30. The van der Waals surface area contributed by atoms with Gasteiger partial charge in [0.15, 0.2) is 0 Å². The maximum atomic E-state index is 11.5. The minimum Gasteiger partial charge on any atom is -0.481 e. The first-order valence-corrected chi connectivity index (χ1v) is 11.5. The first kappa shape index (κ1) is 18.2. The average molecular weight is 395 g/mol. The standard InChI is InChI=1S/C24H40O4/c1-14(4-7-21(27)28)17-5-6-18-22-19(9-11-24(17,18)3)23(2)10-8-16(25)12-15(23)13-20(22)26/h14-20,22,25-26H,4-13H2,1-3H3,(H,27,28)/t14-,15+,16-,17-,18+,19+,20-,22+,23+,24-/m1/s1/i20D,22D. The van der Waals surface area contributed by atoms with Crippen LogP contribution in [-0.2, 0) is 4.79 Å². The van der Waals surface area contributed by atoms with Crippen molar-refractivity contribution < 1.29 is 22.9 Å². The summed E-state index contributed by atoms with van der Waals surface area (Å²) in [7, 11) is 0. The molecule has 0 radical (unpaired) electrons. The molecule has 0 unspecified atom stereocenters. The Morgan fingerprint density at radius 2 is 1.75 bits per heavy atom. The number of aliphatic carboxylic acids is 1. The van der Waals surface area contributed by atoms with Crippen LogP contribution in [0.1, 0.15) is 87.7 Å². The second kappa shape index (κ2) is 7.27. The third-order valence-corrected chi connectivity index (χ3v) is 9.71. The van der Waals surface area contributed by atoms with Crippen molar-refractivity contribution in [3.8, 4) is 0 Å². The van der Waals surface area contributed by atoms with Crippen LogP contribution < -0.4 is 0 Å². The fourth-order valence-electron chi connectivity index (χ4n) is 8.09. The summed E-state index contributed by atoms with van der Waals surface area (Å²) >= 11 is 0. The second-order valence-corrected chi connectivity index (χ2v) is 11.0. The van der Waals surface area contributed by atoms with Crippen molar-refractivity contribution in [2.45, 2.75) is 97.2 Å². The average Bonchev–Trinajstić information content (AvgIpc) is 3.00. The first-order chi connectivity index (χ1) is 13.9. The molecule has 4 nitrogen and oxygen atoms in total. The molecule has 0 amide bonds. The van der Waals surface area contributed by atoms with Gasteiger partial charge in [-0.15, -0.1) is 0 Å². The predicted molar refractivity (Wildman–Crippen MR) is 109 cm³/mol. The summed E-state index contributed by atoms with van der Waals surface area (Å²) < 4.78 is 18.7. The van der Waals surface area contributed by atoms with Crippen LogP contribution in [0.4, 0.5) is 0 Å². The van der Waals surface area contributed by atoms with E-state index in [1.165, 1.54) is 0 Å². The zero-order valence-electron chi connectivity index (χ0n) is 19.8. The smallest absolute Gasteiger partial charge is 0.303 e. The van der Waals surface area contributed by atoms with Gasteiger partial charge in [0, 0.05) is 7.79 Å². The highest BCUT2D eigenvalue weighted by Gasteiger charge is 2.62. The van der Waals surface area contributed by atoms with Crippen molar-refractivity contribution in [1.82, 2.24) is 0 Å². The Morgan fingerprint density at radius 3 is 2.46 bits per heavy atom. The Morgan fingerprint density at radius 1 is 1.07 bits per heavy atom. The van der Waals surface area contributed by atoms with E-state index in [2.05, 4.69) is 20.8 Å². The van der Waals surface area contributed by atoms with E-state index in [0.717, 1.165) is 38.5 Å². The van der Waals surface area contributed by atoms with Gasteiger partial charge in [-0.3, -0.25) is 4.79 Å². The molecule has 28 heavy (non-hydrogen) atoms. The summed E-state index contributed by atoms with van der Waals surface area (Å²) in [6.07, 6.45) is 4.89. The Bertz CT molecular complexity index is 699. The highest BCUT2D eigenvalue weighted by Crippen LogP contribution is 2.68. The van der Waals surface area contributed by atoms with Gasteiger partial charge in [-0.05, 0) is 104 Å². The zero-order valence-corrected chi connectivity index (χ0v) is 17.8. The van der Waals surface area contributed by atoms with Gasteiger partial charge >= 0.3 is 5.97 Å². The molecule has 0 saturated heterocycles. The van der Waals surface area contributed by atoms with Crippen LogP contribution >= 0.6 is 0 Å². The van der Waals surface area contributed by atoms with Gasteiger partial charge in [-0.2, -0.15) is 0 Å². The summed E-state index contributed by atoms with van der Waals surface area (Å²) in [6, 6.07) is 0. The number of hydrogen-bond acceptors (Lipinski definition) is 3. The number of fused-ring (bicyclic) bond motifs is 5. The van der Waals surface area contributed by atoms with Gasteiger partial charge in [0.1, 0.15) is 0 Å². The Kier molecular flexibility index (Phi) is 4.72. The predicted octanol–water partition coefficient (Wildman–Crippen LogP) is 4.48. The van der Waals surface area contributed by atoms with Crippen LogP contribution in [0.2, 0.25) is 0 Å². The maximum absolute atomic E-state index is 11.5. The van der Waals surface area contributed by atoms with E-state index in [9.17, 15) is 16.4 Å². The Hall–Kier alpha value is -0.610. The third-order valence-electron chi connectivity index (χ3n) is 9.71. The van der Waals surface area contributed by atoms with Crippen LogP contribution in [0.3, 0.4) is 0 Å². The molecule has 0 heterocycles. The molecule has 4 saturated carbocycles. The molecule has 4 heteroatoms. The normalized spacial score (nSPS) is 58.0. The van der Waals surface area contributed by atoms with Crippen molar-refractivity contribution in [2.24, 2.45) is 46.3 Å². The molecule has 160 valence electrons. The lowest BCUT2D eigenvalue weighted by molar-refractivity contribution is -0.174. The fourth-order valence-corrected chi connectivity index (χ4v) is 8.09. The number of hydrogen-bond donors (Lipinski definition) is 3. The van der Waals surface area contributed by atoms with Gasteiger partial charge in [0.2, 0.25) is 0 Å². The summed E-state index contributed by atoms with van der Waals surface area (Å²) in [4.78, 5) is 11.1. The summed E-state index contributed by atoms with van der Waals surface area (Å²) in [6.45, 7) is 6.67. The molecule has 0 bridgehead atoms. The molecule has 0 spiro atoms. The maximum Gasteiger partial charge on any atom is 0.303 e.